The van der Waals surface area contributed by atoms with Gasteiger partial charge in [0.15, 0.2) is 0 Å². The summed E-state index contributed by atoms with van der Waals surface area (Å²) in [4.78, 5) is 14.6. The van der Waals surface area contributed by atoms with Crippen molar-refractivity contribution in [3.05, 3.63) is 35.9 Å². The van der Waals surface area contributed by atoms with Crippen LogP contribution >= 0.6 is 24.8 Å². The Bertz CT molecular complexity index is 486. The molecule has 23 heavy (non-hydrogen) atoms. The van der Waals surface area contributed by atoms with Gasteiger partial charge >= 0.3 is 0 Å². The number of likely N-dealkylation sites (tertiary alicyclic amines) is 1. The molecule has 1 aliphatic carbocycles. The van der Waals surface area contributed by atoms with Gasteiger partial charge in [0.2, 0.25) is 5.91 Å². The number of benzene rings is 1. The fourth-order valence-corrected chi connectivity index (χ4v) is 3.19. The molecule has 1 saturated heterocycles. The number of carbonyl (C=O) groups excluding carboxylic acids is 1. The zero-order valence-electron chi connectivity index (χ0n) is 13.4. The van der Waals surface area contributed by atoms with Crippen molar-refractivity contribution < 1.29 is 4.79 Å². The highest BCUT2D eigenvalue weighted by Crippen LogP contribution is 2.29. The Balaban J connectivity index is 0.00000132. The van der Waals surface area contributed by atoms with Crippen molar-refractivity contribution in [2.45, 2.75) is 50.2 Å². The molecule has 1 saturated carbocycles. The largest absolute Gasteiger partial charge is 0.352 e. The summed E-state index contributed by atoms with van der Waals surface area (Å²) in [5.41, 5.74) is 6.86. The summed E-state index contributed by atoms with van der Waals surface area (Å²) in [6.07, 6.45) is 4.81. The Morgan fingerprint density at radius 3 is 2.30 bits per heavy atom. The number of nitrogens with one attached hydrogen (secondary N) is 1. The number of hydrogen-bond donors (Lipinski definition) is 2. The molecule has 1 aromatic carbocycles. The number of carbonyl (C=O) groups is 1. The molecule has 1 heterocycles. The van der Waals surface area contributed by atoms with E-state index in [1.807, 2.05) is 6.07 Å². The minimum atomic E-state index is -0.568. The maximum Gasteiger partial charge on any atom is 0.240 e. The lowest BCUT2D eigenvalue weighted by Gasteiger charge is -2.39. The quantitative estimate of drug-likeness (QED) is 0.867. The van der Waals surface area contributed by atoms with Crippen LogP contribution in [0.2, 0.25) is 0 Å². The molecule has 0 unspecified atom stereocenters. The molecule has 4 nitrogen and oxygen atoms in total. The molecule has 1 aromatic rings. The first-order valence-electron chi connectivity index (χ1n) is 8.02. The van der Waals surface area contributed by atoms with Crippen LogP contribution in [0.1, 0.15) is 37.7 Å². The molecular weight excluding hydrogens is 333 g/mol. The first kappa shape index (κ1) is 20.2. The lowest BCUT2D eigenvalue weighted by Crippen LogP contribution is -2.61. The van der Waals surface area contributed by atoms with E-state index in [1.165, 1.54) is 5.56 Å². The number of rotatable bonds is 4. The van der Waals surface area contributed by atoms with Crippen molar-refractivity contribution in [2.24, 2.45) is 5.73 Å². The van der Waals surface area contributed by atoms with E-state index in [2.05, 4.69) is 34.5 Å². The Morgan fingerprint density at radius 2 is 1.78 bits per heavy atom. The Hall–Kier alpha value is -0.810. The van der Waals surface area contributed by atoms with Crippen molar-refractivity contribution in [3.8, 4) is 0 Å². The maximum atomic E-state index is 12.1. The van der Waals surface area contributed by atoms with E-state index in [4.69, 9.17) is 5.73 Å². The summed E-state index contributed by atoms with van der Waals surface area (Å²) in [6, 6.07) is 10.9. The van der Waals surface area contributed by atoms with E-state index < -0.39 is 5.54 Å². The Morgan fingerprint density at radius 1 is 1.17 bits per heavy atom. The van der Waals surface area contributed by atoms with Crippen LogP contribution in [0.3, 0.4) is 0 Å². The molecule has 0 aromatic heterocycles. The molecule has 0 bridgehead atoms. The monoisotopic (exact) mass is 359 g/mol. The van der Waals surface area contributed by atoms with Gasteiger partial charge in [0.1, 0.15) is 0 Å². The molecule has 0 spiro atoms. The predicted octanol–water partition coefficient (Wildman–Crippen LogP) is 2.49. The number of piperidine rings is 1. The number of nitrogens with zero attached hydrogens (tertiary/aromatic N) is 1. The number of amides is 1. The van der Waals surface area contributed by atoms with E-state index >= 15 is 0 Å². The van der Waals surface area contributed by atoms with Crippen LogP contribution in [0.25, 0.3) is 0 Å². The molecule has 2 fully saturated rings. The van der Waals surface area contributed by atoms with Crippen molar-refractivity contribution in [1.82, 2.24) is 10.2 Å². The fraction of sp³-hybridized carbons (Fsp3) is 0.588. The van der Waals surface area contributed by atoms with Crippen LogP contribution in [-0.2, 0) is 11.3 Å². The molecule has 2 aliphatic rings. The molecule has 3 N–H and O–H groups in total. The third-order valence-corrected chi connectivity index (χ3v) is 4.87. The highest BCUT2D eigenvalue weighted by molar-refractivity contribution is 5.87. The highest BCUT2D eigenvalue weighted by atomic mass is 35.5. The Kier molecular flexibility index (Phi) is 7.81. The zero-order valence-corrected chi connectivity index (χ0v) is 15.0. The van der Waals surface area contributed by atoms with Crippen LogP contribution < -0.4 is 11.1 Å². The van der Waals surface area contributed by atoms with E-state index in [0.29, 0.717) is 6.04 Å². The van der Waals surface area contributed by atoms with E-state index in [-0.39, 0.29) is 30.7 Å². The minimum Gasteiger partial charge on any atom is -0.352 e. The molecule has 3 rings (SSSR count). The molecule has 1 aliphatic heterocycles. The van der Waals surface area contributed by atoms with Gasteiger partial charge in [0, 0.05) is 25.7 Å². The molecule has 0 atom stereocenters. The standard InChI is InChI=1S/C17H25N3O.2ClH/c18-17(9-4-10-17)16(21)19-15-7-11-20(12-8-15)13-14-5-2-1-3-6-14;;/h1-3,5-6,15H,4,7-13,18H2,(H,19,21);2*1H. The number of halogens is 2. The zero-order chi connectivity index (χ0) is 14.7. The van der Waals surface area contributed by atoms with Gasteiger partial charge in [-0.25, -0.2) is 0 Å². The number of hydrogen-bond acceptors (Lipinski definition) is 3. The van der Waals surface area contributed by atoms with E-state index in [1.54, 1.807) is 0 Å². The molecule has 1 amide bonds. The van der Waals surface area contributed by atoms with Gasteiger partial charge in [0.05, 0.1) is 5.54 Å². The summed E-state index contributed by atoms with van der Waals surface area (Å²) in [7, 11) is 0. The predicted molar refractivity (Wildman–Crippen MR) is 98.1 cm³/mol. The summed E-state index contributed by atoms with van der Waals surface area (Å²) in [6.45, 7) is 3.08. The smallest absolute Gasteiger partial charge is 0.240 e. The maximum absolute atomic E-state index is 12.1. The van der Waals surface area contributed by atoms with Crippen molar-refractivity contribution >= 4 is 30.7 Å². The van der Waals surface area contributed by atoms with E-state index in [0.717, 1.165) is 51.7 Å². The fourth-order valence-electron chi connectivity index (χ4n) is 3.19. The van der Waals surface area contributed by atoms with Crippen molar-refractivity contribution in [3.63, 3.8) is 0 Å². The topological polar surface area (TPSA) is 58.4 Å². The average Bonchev–Trinajstić information content (AvgIpc) is 2.48. The summed E-state index contributed by atoms with van der Waals surface area (Å²) >= 11 is 0. The van der Waals surface area contributed by atoms with Gasteiger partial charge in [0.25, 0.3) is 0 Å². The summed E-state index contributed by atoms with van der Waals surface area (Å²) in [5.74, 6) is 0.0651. The second-order valence-electron chi connectivity index (χ2n) is 6.52. The van der Waals surface area contributed by atoms with Crippen molar-refractivity contribution in [1.29, 1.82) is 0 Å². The van der Waals surface area contributed by atoms with Crippen LogP contribution in [0.4, 0.5) is 0 Å². The lowest BCUT2D eigenvalue weighted by atomic mass is 9.77. The average molecular weight is 360 g/mol. The van der Waals surface area contributed by atoms with Crippen LogP contribution in [0.5, 0.6) is 0 Å². The van der Waals surface area contributed by atoms with Crippen LogP contribution in [0.15, 0.2) is 30.3 Å². The van der Waals surface area contributed by atoms with Crippen LogP contribution in [-0.4, -0.2) is 35.5 Å². The first-order valence-corrected chi connectivity index (χ1v) is 8.02. The second-order valence-corrected chi connectivity index (χ2v) is 6.52. The second kappa shape index (κ2) is 8.88. The summed E-state index contributed by atoms with van der Waals surface area (Å²) in [5, 5.41) is 3.16. The van der Waals surface area contributed by atoms with Gasteiger partial charge in [-0.05, 0) is 37.7 Å². The van der Waals surface area contributed by atoms with Crippen LogP contribution in [0, 0.1) is 0 Å². The minimum absolute atomic E-state index is 0. The van der Waals surface area contributed by atoms with Gasteiger partial charge < -0.3 is 11.1 Å². The Labute approximate surface area is 151 Å². The SMILES string of the molecule is Cl.Cl.NC1(C(=O)NC2CCN(Cc3ccccc3)CC2)CCC1. The summed E-state index contributed by atoms with van der Waals surface area (Å²) < 4.78 is 0. The highest BCUT2D eigenvalue weighted by Gasteiger charge is 2.40. The van der Waals surface area contributed by atoms with Crippen molar-refractivity contribution in [2.75, 3.05) is 13.1 Å². The lowest BCUT2D eigenvalue weighted by molar-refractivity contribution is -0.130. The van der Waals surface area contributed by atoms with Gasteiger partial charge in [-0.3, -0.25) is 9.69 Å². The number of nitrogens with two attached hydrogens (primary N) is 1. The normalized spacial score (nSPS) is 20.6. The molecule has 6 heteroatoms. The first-order chi connectivity index (χ1) is 10.2. The van der Waals surface area contributed by atoms with Gasteiger partial charge in [-0.15, -0.1) is 24.8 Å². The third kappa shape index (κ3) is 5.08. The molecule has 130 valence electrons. The molecular formula is C17H27Cl2N3O. The van der Waals surface area contributed by atoms with E-state index in [9.17, 15) is 4.79 Å². The third-order valence-electron chi connectivity index (χ3n) is 4.87. The molecule has 0 radical (unpaired) electrons. The van der Waals surface area contributed by atoms with Gasteiger partial charge in [-0.1, -0.05) is 30.3 Å². The van der Waals surface area contributed by atoms with Gasteiger partial charge in [-0.2, -0.15) is 0 Å².